The molecule has 0 fully saturated rings. The lowest BCUT2D eigenvalue weighted by molar-refractivity contribution is 0.189. The Balaban J connectivity index is 1.74. The van der Waals surface area contributed by atoms with Gasteiger partial charge >= 0.3 is 0 Å². The zero-order chi connectivity index (χ0) is 27.0. The highest BCUT2D eigenvalue weighted by Gasteiger charge is 2.27. The molecule has 0 amide bonds. The summed E-state index contributed by atoms with van der Waals surface area (Å²) in [4.78, 5) is 26.6. The second-order valence-electron chi connectivity index (χ2n) is 8.66. The van der Waals surface area contributed by atoms with Gasteiger partial charge < -0.3 is 15.2 Å². The third-order valence-corrected chi connectivity index (χ3v) is 6.40. The number of nitrogen functional groups attached to an aromatic ring is 1. The summed E-state index contributed by atoms with van der Waals surface area (Å²) in [6.45, 7) is 2.60. The third kappa shape index (κ3) is 4.12. The highest BCUT2D eigenvalue weighted by Crippen LogP contribution is 2.36. The van der Waals surface area contributed by atoms with E-state index in [2.05, 4.69) is 15.1 Å². The van der Waals surface area contributed by atoms with Crippen LogP contribution in [0.5, 0.6) is 5.75 Å². The average Bonchev–Trinajstić information content (AvgIpc) is 3.31. The minimum absolute atomic E-state index is 0.0445. The van der Waals surface area contributed by atoms with Crippen LogP contribution in [0.4, 0.5) is 14.6 Å². The Hall–Kier alpha value is -4.45. The van der Waals surface area contributed by atoms with Crippen molar-refractivity contribution in [3.8, 4) is 17.0 Å². The molecule has 196 valence electrons. The number of aromatic nitrogens is 6. The first-order valence-electron chi connectivity index (χ1n) is 11.9. The number of ether oxygens (including phenoxy) is 2. The summed E-state index contributed by atoms with van der Waals surface area (Å²) in [5.74, 6) is -2.08. The van der Waals surface area contributed by atoms with Crippen LogP contribution < -0.4 is 16.0 Å². The van der Waals surface area contributed by atoms with Gasteiger partial charge in [-0.25, -0.2) is 24.0 Å². The van der Waals surface area contributed by atoms with Crippen molar-refractivity contribution in [1.82, 2.24) is 29.3 Å². The fourth-order valence-corrected chi connectivity index (χ4v) is 4.52. The average molecular weight is 522 g/mol. The second kappa shape index (κ2) is 10.1. The maximum Gasteiger partial charge on any atom is 0.261 e. The van der Waals surface area contributed by atoms with Crippen molar-refractivity contribution in [3.63, 3.8) is 0 Å². The van der Waals surface area contributed by atoms with E-state index in [-0.39, 0.29) is 39.4 Å². The molecule has 3 aromatic heterocycles. The molecule has 0 saturated heterocycles. The van der Waals surface area contributed by atoms with Gasteiger partial charge in [0.15, 0.2) is 17.2 Å². The summed E-state index contributed by atoms with van der Waals surface area (Å²) in [6, 6.07) is 9.08. The number of anilines is 1. The predicted octanol–water partition coefficient (Wildman–Crippen LogP) is 3.72. The Labute approximate surface area is 215 Å². The monoisotopic (exact) mass is 521 g/mol. The van der Waals surface area contributed by atoms with Gasteiger partial charge in [-0.3, -0.25) is 9.36 Å². The largest absolute Gasteiger partial charge is 0.494 e. The van der Waals surface area contributed by atoms with Crippen LogP contribution in [0.25, 0.3) is 33.2 Å². The molecule has 0 aliphatic rings. The lowest BCUT2D eigenvalue weighted by Gasteiger charge is -2.19. The van der Waals surface area contributed by atoms with Gasteiger partial charge in [-0.2, -0.15) is 9.49 Å². The fraction of sp³-hybridized carbons (Fsp3) is 0.269. The van der Waals surface area contributed by atoms with E-state index in [9.17, 15) is 9.18 Å². The van der Waals surface area contributed by atoms with Crippen LogP contribution in [0.15, 0.2) is 47.5 Å². The van der Waals surface area contributed by atoms with Crippen LogP contribution in [-0.2, 0) is 11.3 Å². The van der Waals surface area contributed by atoms with Crippen LogP contribution >= 0.6 is 0 Å². The molecule has 2 N–H and O–H groups in total. The summed E-state index contributed by atoms with van der Waals surface area (Å²) in [5, 5.41) is 5.34. The van der Waals surface area contributed by atoms with Crippen molar-refractivity contribution >= 4 is 27.8 Å². The van der Waals surface area contributed by atoms with Crippen molar-refractivity contribution in [2.45, 2.75) is 25.9 Å². The van der Waals surface area contributed by atoms with E-state index in [4.69, 9.17) is 20.2 Å². The topological polar surface area (TPSA) is 123 Å². The van der Waals surface area contributed by atoms with Gasteiger partial charge in [0.05, 0.1) is 23.4 Å². The molecule has 0 saturated carbocycles. The molecule has 1 unspecified atom stereocenters. The maximum absolute atomic E-state index is 15.1. The van der Waals surface area contributed by atoms with Crippen molar-refractivity contribution < 1.29 is 18.3 Å². The zero-order valence-electron chi connectivity index (χ0n) is 21.0. The Morgan fingerprint density at radius 3 is 2.63 bits per heavy atom. The number of para-hydroxylation sites is 1. The molecular weight excluding hydrogens is 496 g/mol. The third-order valence-electron chi connectivity index (χ3n) is 6.40. The van der Waals surface area contributed by atoms with E-state index >= 15 is 4.39 Å². The minimum atomic E-state index is -1.15. The molecule has 10 nitrogen and oxygen atoms in total. The van der Waals surface area contributed by atoms with Gasteiger partial charge in [0.25, 0.3) is 5.56 Å². The summed E-state index contributed by atoms with van der Waals surface area (Å²) in [7, 11) is 2.84. The van der Waals surface area contributed by atoms with E-state index in [0.717, 1.165) is 0 Å². The predicted molar refractivity (Wildman–Crippen MR) is 138 cm³/mol. The first-order chi connectivity index (χ1) is 18.4. The van der Waals surface area contributed by atoms with Crippen molar-refractivity contribution in [2.24, 2.45) is 0 Å². The number of benzene rings is 2. The standard InChI is InChI=1S/C26H25F2N7O3/c1-14(24-32-17-8-5-4-7-15(17)26(36)34(24)11-6-12-37-2)35-25-19(23(29)30-13-31-25)22(33-35)16-9-10-18(38-3)21(28)20(16)27/h4-5,7-10,13-14H,6,11-12H2,1-3H3,(H2,29,30,31). The summed E-state index contributed by atoms with van der Waals surface area (Å²) in [5.41, 5.74) is 6.69. The minimum Gasteiger partial charge on any atom is -0.494 e. The Morgan fingerprint density at radius 2 is 1.87 bits per heavy atom. The van der Waals surface area contributed by atoms with Crippen LogP contribution in [0.3, 0.4) is 0 Å². The first kappa shape index (κ1) is 25.2. The molecule has 3 heterocycles. The van der Waals surface area contributed by atoms with Crippen molar-refractivity contribution in [1.29, 1.82) is 0 Å². The quantitative estimate of drug-likeness (QED) is 0.307. The maximum atomic E-state index is 15.1. The van der Waals surface area contributed by atoms with Gasteiger partial charge in [0.2, 0.25) is 5.82 Å². The van der Waals surface area contributed by atoms with Gasteiger partial charge in [0, 0.05) is 25.8 Å². The van der Waals surface area contributed by atoms with Crippen LogP contribution in [0, 0.1) is 11.6 Å². The van der Waals surface area contributed by atoms with E-state index in [1.165, 1.54) is 30.3 Å². The van der Waals surface area contributed by atoms with E-state index in [1.807, 2.05) is 0 Å². The Kier molecular flexibility index (Phi) is 6.72. The SMILES string of the molecule is COCCCn1c(C(C)n2nc(-c3ccc(OC)c(F)c3F)c3c(N)ncnc32)nc2ccccc2c1=O. The molecule has 0 spiro atoms. The second-order valence-corrected chi connectivity index (χ2v) is 8.66. The molecule has 5 rings (SSSR count). The Morgan fingerprint density at radius 1 is 1.08 bits per heavy atom. The van der Waals surface area contributed by atoms with Crippen molar-refractivity contribution in [3.05, 3.63) is 70.5 Å². The number of nitrogens with two attached hydrogens (primary N) is 1. The van der Waals surface area contributed by atoms with Crippen LogP contribution in [0.1, 0.15) is 25.2 Å². The number of methoxy groups -OCH3 is 2. The molecule has 0 aliphatic heterocycles. The number of halogens is 2. The fourth-order valence-electron chi connectivity index (χ4n) is 4.52. The highest BCUT2D eigenvalue weighted by molar-refractivity contribution is 5.98. The van der Waals surface area contributed by atoms with Gasteiger partial charge in [-0.1, -0.05) is 12.1 Å². The van der Waals surface area contributed by atoms with Gasteiger partial charge in [-0.15, -0.1) is 0 Å². The van der Waals surface area contributed by atoms with Gasteiger partial charge in [-0.05, 0) is 37.6 Å². The van der Waals surface area contributed by atoms with E-state index in [1.54, 1.807) is 42.9 Å². The van der Waals surface area contributed by atoms with Crippen LogP contribution in [-0.4, -0.2) is 50.1 Å². The van der Waals surface area contributed by atoms with Crippen LogP contribution in [0.2, 0.25) is 0 Å². The molecule has 38 heavy (non-hydrogen) atoms. The number of nitrogens with zero attached hydrogens (tertiary/aromatic N) is 6. The molecular formula is C26H25F2N7O3. The van der Waals surface area contributed by atoms with E-state index < -0.39 is 17.7 Å². The molecule has 1 atom stereocenters. The molecule has 5 aromatic rings. The summed E-state index contributed by atoms with van der Waals surface area (Å²) >= 11 is 0. The van der Waals surface area contributed by atoms with Gasteiger partial charge in [0.1, 0.15) is 29.7 Å². The Bertz CT molecular complexity index is 1720. The molecule has 0 bridgehead atoms. The van der Waals surface area contributed by atoms with Crippen molar-refractivity contribution in [2.75, 3.05) is 26.6 Å². The summed E-state index contributed by atoms with van der Waals surface area (Å²) in [6.07, 6.45) is 1.84. The molecule has 0 radical (unpaired) electrons. The smallest absolute Gasteiger partial charge is 0.261 e. The molecule has 12 heteroatoms. The molecule has 0 aliphatic carbocycles. The van der Waals surface area contributed by atoms with E-state index in [0.29, 0.717) is 36.3 Å². The number of hydrogen-bond donors (Lipinski definition) is 1. The zero-order valence-corrected chi connectivity index (χ0v) is 21.0. The highest BCUT2D eigenvalue weighted by atomic mass is 19.2. The number of fused-ring (bicyclic) bond motifs is 2. The number of hydrogen-bond acceptors (Lipinski definition) is 8. The number of rotatable bonds is 8. The summed E-state index contributed by atoms with van der Waals surface area (Å²) < 4.78 is 42.9. The molecule has 2 aromatic carbocycles. The first-order valence-corrected chi connectivity index (χ1v) is 11.9. The lowest BCUT2D eigenvalue weighted by Crippen LogP contribution is -2.29. The lowest BCUT2D eigenvalue weighted by atomic mass is 10.1. The normalized spacial score (nSPS) is 12.3.